The molecule has 0 N–H and O–H groups in total. The van der Waals surface area contributed by atoms with Crippen LogP contribution in [-0.4, -0.2) is 58.6 Å². The zero-order valence-corrected chi connectivity index (χ0v) is 17.1. The van der Waals surface area contributed by atoms with Crippen molar-refractivity contribution >= 4 is 22.7 Å². The second kappa shape index (κ2) is 7.65. The van der Waals surface area contributed by atoms with Crippen LogP contribution in [0.3, 0.4) is 0 Å². The minimum Gasteiger partial charge on any atom is -0.462 e. The van der Waals surface area contributed by atoms with Crippen LogP contribution in [0.25, 0.3) is 10.8 Å². The molecule has 2 aliphatic heterocycles. The van der Waals surface area contributed by atoms with Crippen molar-refractivity contribution in [1.29, 1.82) is 0 Å². The highest BCUT2D eigenvalue weighted by atomic mass is 16.5. The number of nitrogens with zero attached hydrogens (tertiary/aromatic N) is 5. The first kappa shape index (κ1) is 18.9. The van der Waals surface area contributed by atoms with Crippen LogP contribution >= 0.6 is 0 Å². The third-order valence-corrected chi connectivity index (χ3v) is 6.13. The van der Waals surface area contributed by atoms with Gasteiger partial charge < -0.3 is 9.64 Å². The van der Waals surface area contributed by atoms with E-state index in [9.17, 15) is 4.79 Å². The van der Waals surface area contributed by atoms with Gasteiger partial charge in [-0.1, -0.05) is 24.3 Å². The second-order valence-electron chi connectivity index (χ2n) is 8.33. The molecule has 30 heavy (non-hydrogen) atoms. The van der Waals surface area contributed by atoms with Crippen LogP contribution in [0.1, 0.15) is 29.3 Å². The number of fused-ring (bicyclic) bond motifs is 1. The van der Waals surface area contributed by atoms with Gasteiger partial charge in [0.05, 0.1) is 12.2 Å². The highest BCUT2D eigenvalue weighted by molar-refractivity contribution is 5.88. The molecule has 0 aliphatic carbocycles. The quantitative estimate of drug-likeness (QED) is 0.607. The lowest BCUT2D eigenvalue weighted by Gasteiger charge is -2.48. The summed E-state index contributed by atoms with van der Waals surface area (Å²) in [5.74, 6) is 0.316. The Morgan fingerprint density at radius 2 is 1.90 bits per heavy atom. The van der Waals surface area contributed by atoms with Crippen LogP contribution in [-0.2, 0) is 11.3 Å². The van der Waals surface area contributed by atoms with Crippen molar-refractivity contribution in [3.63, 3.8) is 0 Å². The number of carbonyl (C=O) groups is 1. The maximum atomic E-state index is 11.8. The summed E-state index contributed by atoms with van der Waals surface area (Å²) in [6.07, 6.45) is 8.18. The predicted octanol–water partition coefficient (Wildman–Crippen LogP) is 2.91. The molecule has 0 amide bonds. The van der Waals surface area contributed by atoms with Crippen molar-refractivity contribution in [2.45, 2.75) is 19.9 Å². The largest absolute Gasteiger partial charge is 0.462 e. The van der Waals surface area contributed by atoms with Crippen molar-refractivity contribution < 1.29 is 9.53 Å². The maximum absolute atomic E-state index is 11.8. The van der Waals surface area contributed by atoms with E-state index in [1.165, 1.54) is 16.3 Å². The van der Waals surface area contributed by atoms with Crippen LogP contribution in [0.2, 0.25) is 0 Å². The topological polar surface area (TPSA) is 71.5 Å². The number of benzene rings is 1. The number of hydrogen-bond acceptors (Lipinski definition) is 7. The van der Waals surface area contributed by atoms with E-state index in [-0.39, 0.29) is 5.97 Å². The number of carbonyl (C=O) groups excluding carboxylic acids is 1. The number of hydrogen-bond donors (Lipinski definition) is 0. The van der Waals surface area contributed by atoms with Gasteiger partial charge in [0.2, 0.25) is 5.95 Å². The van der Waals surface area contributed by atoms with Crippen LogP contribution in [0.15, 0.2) is 49.1 Å². The van der Waals surface area contributed by atoms with Crippen molar-refractivity contribution in [3.05, 3.63) is 60.2 Å². The molecule has 0 unspecified atom stereocenters. The van der Waals surface area contributed by atoms with Gasteiger partial charge in [-0.3, -0.25) is 9.88 Å². The highest BCUT2D eigenvalue weighted by Gasteiger charge is 2.48. The summed E-state index contributed by atoms with van der Waals surface area (Å²) in [7, 11) is 0. The summed E-state index contributed by atoms with van der Waals surface area (Å²) in [5, 5.41) is 2.48. The molecule has 1 spiro atoms. The smallest absolute Gasteiger partial charge is 0.341 e. The first-order valence-corrected chi connectivity index (χ1v) is 10.4. The van der Waals surface area contributed by atoms with Crippen molar-refractivity contribution in [2.24, 2.45) is 5.41 Å². The Kier molecular flexibility index (Phi) is 4.83. The molecule has 0 radical (unpaired) electrons. The number of pyridine rings is 1. The fraction of sp³-hybridized carbons (Fsp3) is 0.391. The van der Waals surface area contributed by atoms with Gasteiger partial charge in [-0.25, -0.2) is 14.8 Å². The number of aromatic nitrogens is 3. The Balaban J connectivity index is 1.20. The summed E-state index contributed by atoms with van der Waals surface area (Å²) >= 11 is 0. The van der Waals surface area contributed by atoms with Gasteiger partial charge in [0.15, 0.2) is 0 Å². The molecular weight excluding hydrogens is 378 g/mol. The molecule has 7 nitrogen and oxygen atoms in total. The first-order valence-electron chi connectivity index (χ1n) is 10.4. The molecular formula is C23H25N5O2. The standard InChI is InChI=1S/C23H25N5O2/c1-2-30-21(29)18-11-25-22(26-12-18)28-8-7-23(16-28)14-27(15-23)13-19-10-24-9-17-5-3-4-6-20(17)19/h3-6,9-12H,2,7-8,13-16H2,1H3. The summed E-state index contributed by atoms with van der Waals surface area (Å²) in [5.41, 5.74) is 1.99. The van der Waals surface area contributed by atoms with E-state index in [2.05, 4.69) is 49.0 Å². The lowest BCUT2D eigenvalue weighted by atomic mass is 9.79. The van der Waals surface area contributed by atoms with E-state index >= 15 is 0 Å². The SMILES string of the molecule is CCOC(=O)c1cnc(N2CCC3(CN(Cc4cncc5ccccc45)C3)C2)nc1. The van der Waals surface area contributed by atoms with E-state index in [1.807, 2.05) is 12.4 Å². The first-order chi connectivity index (χ1) is 14.7. The molecule has 2 fully saturated rings. The van der Waals surface area contributed by atoms with Crippen molar-refractivity contribution in [3.8, 4) is 0 Å². The van der Waals surface area contributed by atoms with Gasteiger partial charge in [-0.2, -0.15) is 0 Å². The summed E-state index contributed by atoms with van der Waals surface area (Å²) < 4.78 is 5.00. The number of anilines is 1. The summed E-state index contributed by atoms with van der Waals surface area (Å²) in [6.45, 7) is 7.12. The van der Waals surface area contributed by atoms with Crippen LogP contribution in [0.5, 0.6) is 0 Å². The van der Waals surface area contributed by atoms with E-state index in [4.69, 9.17) is 4.74 Å². The minimum atomic E-state index is -0.375. The molecule has 2 aromatic heterocycles. The van der Waals surface area contributed by atoms with Gasteiger partial charge in [0, 0.05) is 68.3 Å². The normalized spacial score (nSPS) is 18.0. The number of ether oxygens (including phenoxy) is 1. The van der Waals surface area contributed by atoms with Gasteiger partial charge in [-0.15, -0.1) is 0 Å². The minimum absolute atomic E-state index is 0.307. The maximum Gasteiger partial charge on any atom is 0.341 e. The number of likely N-dealkylation sites (tertiary alicyclic amines) is 1. The Morgan fingerprint density at radius 3 is 2.70 bits per heavy atom. The summed E-state index contributed by atoms with van der Waals surface area (Å²) in [6, 6.07) is 8.44. The zero-order chi connectivity index (χ0) is 20.6. The second-order valence-corrected chi connectivity index (χ2v) is 8.33. The lowest BCUT2D eigenvalue weighted by Crippen LogP contribution is -2.56. The molecule has 3 aromatic rings. The fourth-order valence-electron chi connectivity index (χ4n) is 4.73. The molecule has 0 bridgehead atoms. The third-order valence-electron chi connectivity index (χ3n) is 6.13. The van der Waals surface area contributed by atoms with Crippen molar-refractivity contribution in [1.82, 2.24) is 19.9 Å². The molecule has 154 valence electrons. The molecule has 0 saturated carbocycles. The Labute approximate surface area is 175 Å². The van der Waals surface area contributed by atoms with Crippen LogP contribution in [0.4, 0.5) is 5.95 Å². The molecule has 2 aliphatic rings. The number of esters is 1. The number of rotatable bonds is 5. The highest BCUT2D eigenvalue weighted by Crippen LogP contribution is 2.41. The zero-order valence-electron chi connectivity index (χ0n) is 17.1. The van der Waals surface area contributed by atoms with Crippen LogP contribution in [0, 0.1) is 5.41 Å². The van der Waals surface area contributed by atoms with Crippen LogP contribution < -0.4 is 4.90 Å². The Bertz CT molecular complexity index is 1060. The van der Waals surface area contributed by atoms with E-state index in [0.717, 1.165) is 39.1 Å². The molecule has 5 rings (SSSR count). The molecule has 4 heterocycles. The monoisotopic (exact) mass is 403 g/mol. The van der Waals surface area contributed by atoms with E-state index < -0.39 is 0 Å². The third kappa shape index (κ3) is 3.50. The molecule has 0 atom stereocenters. The average Bonchev–Trinajstić information content (AvgIpc) is 3.20. The van der Waals surface area contributed by atoms with E-state index in [0.29, 0.717) is 23.5 Å². The molecule has 7 heteroatoms. The fourth-order valence-corrected chi connectivity index (χ4v) is 4.73. The predicted molar refractivity (Wildman–Crippen MR) is 114 cm³/mol. The van der Waals surface area contributed by atoms with Gasteiger partial charge in [0.25, 0.3) is 0 Å². The lowest BCUT2D eigenvalue weighted by molar-refractivity contribution is 0.0119. The summed E-state index contributed by atoms with van der Waals surface area (Å²) in [4.78, 5) is 29.7. The van der Waals surface area contributed by atoms with Gasteiger partial charge in [0.1, 0.15) is 0 Å². The molecule has 1 aromatic carbocycles. The van der Waals surface area contributed by atoms with E-state index in [1.54, 1.807) is 19.3 Å². The van der Waals surface area contributed by atoms with Gasteiger partial charge >= 0.3 is 5.97 Å². The average molecular weight is 403 g/mol. The van der Waals surface area contributed by atoms with Gasteiger partial charge in [-0.05, 0) is 24.3 Å². The Morgan fingerprint density at radius 1 is 1.10 bits per heavy atom. The Hall–Kier alpha value is -3.06. The molecule has 2 saturated heterocycles. The van der Waals surface area contributed by atoms with Crippen molar-refractivity contribution in [2.75, 3.05) is 37.7 Å².